The van der Waals surface area contributed by atoms with Crippen LogP contribution in [0.2, 0.25) is 32.2 Å². The zero-order chi connectivity index (χ0) is 28.4. The monoisotopic (exact) mass is 610 g/mol. The second-order valence-corrected chi connectivity index (χ2v) is 22.1. The van der Waals surface area contributed by atoms with Crippen LogP contribution < -0.4 is 0 Å². The molecule has 0 saturated carbocycles. The average molecular weight is 611 g/mol. The average Bonchev–Trinajstić information content (AvgIpc) is 3.44. The number of thiophene rings is 2. The van der Waals surface area contributed by atoms with Gasteiger partial charge in [0.05, 0.1) is 9.40 Å². The first-order chi connectivity index (χ1) is 19.4. The van der Waals surface area contributed by atoms with Gasteiger partial charge in [-0.2, -0.15) is 0 Å². The Kier molecular flexibility index (Phi) is 12.8. The number of benzene rings is 2. The van der Waals surface area contributed by atoms with E-state index in [1.54, 1.807) is 0 Å². The Balaban J connectivity index is 1.15. The van der Waals surface area contributed by atoms with E-state index in [-0.39, 0.29) is 0 Å². The van der Waals surface area contributed by atoms with Gasteiger partial charge < -0.3 is 4.12 Å². The molecule has 2 aromatic carbocycles. The van der Waals surface area contributed by atoms with Crippen molar-refractivity contribution in [1.82, 2.24) is 0 Å². The minimum Gasteiger partial charge on any atom is -0.458 e. The van der Waals surface area contributed by atoms with Crippen molar-refractivity contribution in [2.45, 2.75) is 135 Å². The van der Waals surface area contributed by atoms with Crippen molar-refractivity contribution in [3.63, 3.8) is 0 Å². The summed E-state index contributed by atoms with van der Waals surface area (Å²) >= 11 is 4.02. The molecule has 2 heterocycles. The Morgan fingerprint density at radius 3 is 1.55 bits per heavy atom. The molecular formula is C35H54OS2Si2. The van der Waals surface area contributed by atoms with Crippen LogP contribution in [0.4, 0.5) is 0 Å². The number of hydrogen-bond acceptors (Lipinski definition) is 3. The summed E-state index contributed by atoms with van der Waals surface area (Å²) in [5.41, 5.74) is 3.04. The molecule has 2 aromatic heterocycles. The van der Waals surface area contributed by atoms with Crippen molar-refractivity contribution in [3.05, 3.63) is 47.5 Å². The van der Waals surface area contributed by atoms with Crippen molar-refractivity contribution < 1.29 is 4.12 Å². The molecule has 0 bridgehead atoms. The smallest absolute Gasteiger partial charge is 0.173 e. The highest BCUT2D eigenvalue weighted by atomic mass is 32.1. The van der Waals surface area contributed by atoms with Crippen molar-refractivity contribution in [1.29, 1.82) is 0 Å². The molecule has 0 unspecified atom stereocenters. The molecular weight excluding hydrogens is 557 g/mol. The topological polar surface area (TPSA) is 9.23 Å². The zero-order valence-electron chi connectivity index (χ0n) is 26.1. The maximum atomic E-state index is 6.30. The number of aryl methyl sites for hydroxylation is 2. The summed E-state index contributed by atoms with van der Waals surface area (Å²) in [7, 11) is -2.23. The van der Waals surface area contributed by atoms with Gasteiger partial charge in [0.2, 0.25) is 0 Å². The molecule has 0 aliphatic heterocycles. The van der Waals surface area contributed by atoms with Crippen molar-refractivity contribution >= 4 is 69.6 Å². The summed E-state index contributed by atoms with van der Waals surface area (Å²) < 4.78 is 12.3. The summed E-state index contributed by atoms with van der Waals surface area (Å²) in [5, 5.41) is 2.93. The first kappa shape index (κ1) is 31.9. The van der Waals surface area contributed by atoms with Gasteiger partial charge in [-0.3, -0.25) is 0 Å². The van der Waals surface area contributed by atoms with E-state index in [2.05, 4.69) is 69.5 Å². The number of fused-ring (bicyclic) bond motifs is 5. The van der Waals surface area contributed by atoms with E-state index in [1.165, 1.54) is 143 Å². The van der Waals surface area contributed by atoms with Crippen LogP contribution >= 0.6 is 22.7 Å². The molecule has 0 radical (unpaired) electrons. The van der Waals surface area contributed by atoms with Crippen molar-refractivity contribution in [3.8, 4) is 0 Å². The highest BCUT2D eigenvalue weighted by Gasteiger charge is 2.22. The zero-order valence-corrected chi connectivity index (χ0v) is 29.9. The minimum absolute atomic E-state index is 0.868. The van der Waals surface area contributed by atoms with Crippen LogP contribution in [0.5, 0.6) is 0 Å². The molecule has 0 fully saturated rings. The Hall–Kier alpha value is -0.986. The maximum Gasteiger partial charge on any atom is 0.173 e. The second-order valence-electron chi connectivity index (χ2n) is 12.9. The Morgan fingerprint density at radius 2 is 1.07 bits per heavy atom. The lowest BCUT2D eigenvalue weighted by Gasteiger charge is -2.25. The quantitative estimate of drug-likeness (QED) is 0.0758. The lowest BCUT2D eigenvalue weighted by molar-refractivity contribution is 0.545. The van der Waals surface area contributed by atoms with Crippen LogP contribution in [0, 0.1) is 0 Å². The first-order valence-corrected chi connectivity index (χ1v) is 23.9. The highest BCUT2D eigenvalue weighted by molar-refractivity contribution is 7.36. The largest absolute Gasteiger partial charge is 0.458 e. The lowest BCUT2D eigenvalue weighted by atomic mass is 10.0. The Bertz CT molecular complexity index is 1320. The Morgan fingerprint density at radius 1 is 0.625 bits per heavy atom. The SMILES string of the molecule is CCCCCCc1ccc2c(c1)sc1c3ccc(CCCCCCCCCCC[Si](C)(C)O[SiH](C)C)cc3sc21. The van der Waals surface area contributed by atoms with Crippen LogP contribution in [0.15, 0.2) is 36.4 Å². The molecule has 4 aromatic rings. The molecule has 1 nitrogen and oxygen atoms in total. The van der Waals surface area contributed by atoms with E-state index in [0.29, 0.717) is 0 Å². The number of rotatable bonds is 19. The highest BCUT2D eigenvalue weighted by Crippen LogP contribution is 2.44. The van der Waals surface area contributed by atoms with Crippen molar-refractivity contribution in [2.75, 3.05) is 0 Å². The van der Waals surface area contributed by atoms with Gasteiger partial charge in [-0.15, -0.1) is 22.7 Å². The fourth-order valence-electron chi connectivity index (χ4n) is 6.23. The predicted octanol–water partition coefficient (Wildman–Crippen LogP) is 12.7. The summed E-state index contributed by atoms with van der Waals surface area (Å²) in [6, 6.07) is 15.9. The van der Waals surface area contributed by atoms with Crippen LogP contribution in [-0.4, -0.2) is 17.4 Å². The van der Waals surface area contributed by atoms with Crippen LogP contribution in [0.1, 0.15) is 102 Å². The van der Waals surface area contributed by atoms with Gasteiger partial charge in [0.25, 0.3) is 0 Å². The summed E-state index contributed by atoms with van der Waals surface area (Å²) in [5.74, 6) is 0. The predicted molar refractivity (Wildman–Crippen MR) is 190 cm³/mol. The van der Waals surface area contributed by atoms with E-state index in [1.807, 2.05) is 22.7 Å². The molecule has 0 amide bonds. The summed E-state index contributed by atoms with van der Waals surface area (Å²) in [6.45, 7) is 11.7. The molecule has 0 N–H and O–H groups in total. The van der Waals surface area contributed by atoms with Crippen molar-refractivity contribution in [2.24, 2.45) is 0 Å². The molecule has 5 heteroatoms. The van der Waals surface area contributed by atoms with E-state index >= 15 is 0 Å². The fourth-order valence-corrected chi connectivity index (χ4v) is 15.7. The molecule has 0 saturated heterocycles. The Labute approximate surface area is 255 Å². The third kappa shape index (κ3) is 9.52. The third-order valence-corrected chi connectivity index (χ3v) is 16.8. The number of hydrogen-bond donors (Lipinski definition) is 0. The molecule has 220 valence electrons. The fraction of sp³-hybridized carbons (Fsp3) is 0.600. The van der Waals surface area contributed by atoms with Gasteiger partial charge in [0.1, 0.15) is 0 Å². The second kappa shape index (κ2) is 16.0. The standard InChI is InChI=1S/C35H54OS2Si2/c1-6-7-8-16-19-28-21-23-30-32(26-28)37-35-31-24-22-29(27-33(31)38-34(30)35)20-17-14-12-10-9-11-13-15-18-25-40(4,5)36-39(2)3/h21-24,26-27,39H,6-20,25H2,1-5H3. The third-order valence-electron chi connectivity index (χ3n) is 8.33. The van der Waals surface area contributed by atoms with E-state index in [9.17, 15) is 0 Å². The van der Waals surface area contributed by atoms with Gasteiger partial charge in [-0.25, -0.2) is 0 Å². The van der Waals surface area contributed by atoms with E-state index < -0.39 is 17.4 Å². The van der Waals surface area contributed by atoms with Crippen LogP contribution in [0.3, 0.4) is 0 Å². The minimum atomic E-state index is -1.36. The number of unbranched alkanes of at least 4 members (excludes halogenated alkanes) is 11. The van der Waals surface area contributed by atoms with E-state index in [0.717, 1.165) is 0 Å². The van der Waals surface area contributed by atoms with Gasteiger partial charge >= 0.3 is 0 Å². The van der Waals surface area contributed by atoms with Crippen LogP contribution in [-0.2, 0) is 17.0 Å². The maximum absolute atomic E-state index is 6.30. The molecule has 0 aliphatic rings. The molecule has 0 aliphatic carbocycles. The molecule has 0 spiro atoms. The first-order valence-electron chi connectivity index (χ1n) is 16.4. The van der Waals surface area contributed by atoms with Gasteiger partial charge in [-0.1, -0.05) is 102 Å². The van der Waals surface area contributed by atoms with Gasteiger partial charge in [0, 0.05) is 20.2 Å². The normalized spacial score (nSPS) is 12.6. The van der Waals surface area contributed by atoms with Gasteiger partial charge in [0.15, 0.2) is 17.4 Å². The summed E-state index contributed by atoms with van der Waals surface area (Å²) in [4.78, 5) is 0. The molecule has 40 heavy (non-hydrogen) atoms. The van der Waals surface area contributed by atoms with E-state index in [4.69, 9.17) is 4.12 Å². The molecule has 4 rings (SSSR count). The van der Waals surface area contributed by atoms with Gasteiger partial charge in [-0.05, 0) is 81.2 Å². The lowest BCUT2D eigenvalue weighted by Crippen LogP contribution is -2.34. The van der Waals surface area contributed by atoms with Crippen LogP contribution in [0.25, 0.3) is 29.6 Å². The molecule has 0 atom stereocenters. The summed E-state index contributed by atoms with van der Waals surface area (Å²) in [6.07, 6.45) is 20.3.